The molecule has 2 aromatic rings. The van der Waals surface area contributed by atoms with Gasteiger partial charge < -0.3 is 15.4 Å². The number of ether oxygens (including phenoxy) is 1. The molecule has 0 aliphatic rings. The lowest BCUT2D eigenvalue weighted by molar-refractivity contribution is 0.223. The number of carbonyl (C=O) groups excluding carboxylic acids is 1. The summed E-state index contributed by atoms with van der Waals surface area (Å²) >= 11 is 6.01. The highest BCUT2D eigenvalue weighted by molar-refractivity contribution is 6.31. The van der Waals surface area contributed by atoms with Crippen LogP contribution in [0.25, 0.3) is 0 Å². The van der Waals surface area contributed by atoms with Crippen LogP contribution in [-0.2, 0) is 6.54 Å². The third-order valence-corrected chi connectivity index (χ3v) is 3.26. The molecule has 2 rings (SSSR count). The van der Waals surface area contributed by atoms with Crippen molar-refractivity contribution in [3.8, 4) is 5.75 Å². The van der Waals surface area contributed by atoms with E-state index in [-0.39, 0.29) is 12.8 Å². The van der Waals surface area contributed by atoms with Crippen molar-refractivity contribution in [1.82, 2.24) is 10.6 Å². The second-order valence-corrected chi connectivity index (χ2v) is 4.96. The van der Waals surface area contributed by atoms with Crippen molar-refractivity contribution in [3.05, 3.63) is 64.7 Å². The van der Waals surface area contributed by atoms with E-state index in [2.05, 4.69) is 10.6 Å². The van der Waals surface area contributed by atoms with Crippen molar-refractivity contribution in [1.29, 1.82) is 0 Å². The number of hydrogen-bond donors (Lipinski definition) is 2. The van der Waals surface area contributed by atoms with Crippen LogP contribution in [0.4, 0.5) is 4.79 Å². The molecule has 0 bridgehead atoms. The summed E-state index contributed by atoms with van der Waals surface area (Å²) in [6.45, 7) is 2.48. The molecule has 4 nitrogen and oxygen atoms in total. The molecule has 5 heteroatoms. The van der Waals surface area contributed by atoms with Crippen molar-refractivity contribution in [2.75, 3.05) is 6.73 Å². The molecule has 0 radical (unpaired) electrons. The van der Waals surface area contributed by atoms with E-state index < -0.39 is 0 Å². The Labute approximate surface area is 129 Å². The van der Waals surface area contributed by atoms with Gasteiger partial charge in [0.15, 0.2) is 6.73 Å². The summed E-state index contributed by atoms with van der Waals surface area (Å²) in [6, 6.07) is 14.7. The van der Waals surface area contributed by atoms with Gasteiger partial charge >= 0.3 is 6.03 Å². The molecule has 0 aromatic heterocycles. The Morgan fingerprint density at radius 2 is 1.81 bits per heavy atom. The maximum atomic E-state index is 11.6. The van der Waals surface area contributed by atoms with Crippen molar-refractivity contribution >= 4 is 17.6 Å². The minimum absolute atomic E-state index is 0.109. The van der Waals surface area contributed by atoms with Crippen molar-refractivity contribution in [2.24, 2.45) is 0 Å². The Morgan fingerprint density at radius 3 is 2.52 bits per heavy atom. The molecule has 0 aliphatic carbocycles. The lowest BCUT2D eigenvalue weighted by Gasteiger charge is -2.10. The normalized spacial score (nSPS) is 10.0. The molecule has 0 aliphatic heterocycles. The fourth-order valence-electron chi connectivity index (χ4n) is 1.70. The van der Waals surface area contributed by atoms with E-state index in [4.69, 9.17) is 16.3 Å². The number of nitrogens with one attached hydrogen (secondary N) is 2. The van der Waals surface area contributed by atoms with E-state index in [0.29, 0.717) is 17.3 Å². The average molecular weight is 305 g/mol. The Balaban J connectivity index is 1.70. The highest BCUT2D eigenvalue weighted by atomic mass is 35.5. The van der Waals surface area contributed by atoms with Gasteiger partial charge in [-0.3, -0.25) is 0 Å². The van der Waals surface area contributed by atoms with Gasteiger partial charge in [-0.15, -0.1) is 0 Å². The first-order valence-corrected chi connectivity index (χ1v) is 6.97. The summed E-state index contributed by atoms with van der Waals surface area (Å²) in [6.07, 6.45) is 0. The van der Waals surface area contributed by atoms with E-state index >= 15 is 0 Å². The summed E-state index contributed by atoms with van der Waals surface area (Å²) in [5, 5.41) is 5.97. The Hall–Kier alpha value is -2.20. The van der Waals surface area contributed by atoms with Gasteiger partial charge in [-0.25, -0.2) is 4.79 Å². The van der Waals surface area contributed by atoms with E-state index in [1.165, 1.54) is 0 Å². The molecule has 0 fully saturated rings. The molecular weight excluding hydrogens is 288 g/mol. The molecule has 0 spiro atoms. The predicted octanol–water partition coefficient (Wildman–Crippen LogP) is 3.48. The number of hydrogen-bond acceptors (Lipinski definition) is 2. The molecule has 2 N–H and O–H groups in total. The average Bonchev–Trinajstić information content (AvgIpc) is 2.48. The first-order valence-electron chi connectivity index (χ1n) is 6.60. The number of amides is 2. The maximum absolute atomic E-state index is 11.6. The first kappa shape index (κ1) is 15.2. The van der Waals surface area contributed by atoms with E-state index in [9.17, 15) is 4.79 Å². The van der Waals surface area contributed by atoms with Crippen LogP contribution in [0.15, 0.2) is 48.5 Å². The summed E-state index contributed by atoms with van der Waals surface area (Å²) in [7, 11) is 0. The number of urea groups is 1. The SMILES string of the molecule is Cc1ccc(OCNC(=O)NCc2ccccc2Cl)cc1. The van der Waals surface area contributed by atoms with Gasteiger partial charge in [0.05, 0.1) is 0 Å². The second kappa shape index (κ2) is 7.55. The Kier molecular flexibility index (Phi) is 5.46. The summed E-state index contributed by atoms with van der Waals surface area (Å²) in [5.41, 5.74) is 2.03. The molecule has 2 aromatic carbocycles. The monoisotopic (exact) mass is 304 g/mol. The van der Waals surface area contributed by atoms with Gasteiger partial charge in [0.25, 0.3) is 0 Å². The van der Waals surface area contributed by atoms with Crippen molar-refractivity contribution < 1.29 is 9.53 Å². The van der Waals surface area contributed by atoms with Crippen LogP contribution in [0.2, 0.25) is 5.02 Å². The maximum Gasteiger partial charge on any atom is 0.317 e. The summed E-state index contributed by atoms with van der Waals surface area (Å²) < 4.78 is 5.41. The van der Waals surface area contributed by atoms with E-state index in [1.807, 2.05) is 49.4 Å². The zero-order valence-electron chi connectivity index (χ0n) is 11.7. The van der Waals surface area contributed by atoms with E-state index in [1.54, 1.807) is 6.07 Å². The number of benzene rings is 2. The topological polar surface area (TPSA) is 50.4 Å². The van der Waals surface area contributed by atoms with Crippen LogP contribution in [0.1, 0.15) is 11.1 Å². The molecule has 0 heterocycles. The largest absolute Gasteiger partial charge is 0.473 e. The molecule has 0 saturated heterocycles. The molecule has 0 atom stereocenters. The second-order valence-electron chi connectivity index (χ2n) is 4.55. The molecular formula is C16H17ClN2O2. The minimum Gasteiger partial charge on any atom is -0.473 e. The molecule has 2 amide bonds. The van der Waals surface area contributed by atoms with Gasteiger partial charge in [0, 0.05) is 11.6 Å². The Bertz CT molecular complexity index is 599. The van der Waals surface area contributed by atoms with Crippen LogP contribution in [0, 0.1) is 6.92 Å². The van der Waals surface area contributed by atoms with Crippen LogP contribution in [0.5, 0.6) is 5.75 Å². The van der Waals surface area contributed by atoms with Crippen molar-refractivity contribution in [2.45, 2.75) is 13.5 Å². The summed E-state index contributed by atoms with van der Waals surface area (Å²) in [4.78, 5) is 11.6. The summed E-state index contributed by atoms with van der Waals surface area (Å²) in [5.74, 6) is 0.715. The number of carbonyl (C=O) groups is 1. The third-order valence-electron chi connectivity index (χ3n) is 2.89. The predicted molar refractivity (Wildman–Crippen MR) is 83.5 cm³/mol. The lowest BCUT2D eigenvalue weighted by Crippen LogP contribution is -2.37. The third kappa shape index (κ3) is 5.00. The minimum atomic E-state index is -0.304. The van der Waals surface area contributed by atoms with Gasteiger partial charge in [-0.1, -0.05) is 47.5 Å². The van der Waals surface area contributed by atoms with Gasteiger partial charge in [0.2, 0.25) is 0 Å². The number of halogens is 1. The fraction of sp³-hybridized carbons (Fsp3) is 0.188. The molecule has 21 heavy (non-hydrogen) atoms. The van der Waals surface area contributed by atoms with Crippen LogP contribution < -0.4 is 15.4 Å². The Morgan fingerprint density at radius 1 is 1.10 bits per heavy atom. The first-order chi connectivity index (χ1) is 10.1. The van der Waals surface area contributed by atoms with E-state index in [0.717, 1.165) is 11.1 Å². The highest BCUT2D eigenvalue weighted by Crippen LogP contribution is 2.14. The van der Waals surface area contributed by atoms with Crippen LogP contribution in [0.3, 0.4) is 0 Å². The highest BCUT2D eigenvalue weighted by Gasteiger charge is 2.02. The quantitative estimate of drug-likeness (QED) is 0.831. The zero-order chi connectivity index (χ0) is 15.1. The standard InChI is InChI=1S/C16H17ClN2O2/c1-12-6-8-14(9-7-12)21-11-19-16(20)18-10-13-4-2-3-5-15(13)17/h2-9H,10-11H2,1H3,(H2,18,19,20). The van der Waals surface area contributed by atoms with Gasteiger partial charge in [-0.2, -0.15) is 0 Å². The fourth-order valence-corrected chi connectivity index (χ4v) is 1.90. The zero-order valence-corrected chi connectivity index (χ0v) is 12.5. The smallest absolute Gasteiger partial charge is 0.317 e. The molecule has 110 valence electrons. The molecule has 0 unspecified atom stereocenters. The van der Waals surface area contributed by atoms with Gasteiger partial charge in [-0.05, 0) is 30.7 Å². The van der Waals surface area contributed by atoms with Gasteiger partial charge in [0.1, 0.15) is 5.75 Å². The number of rotatable bonds is 5. The number of aryl methyl sites for hydroxylation is 1. The lowest BCUT2D eigenvalue weighted by atomic mass is 10.2. The van der Waals surface area contributed by atoms with Crippen molar-refractivity contribution in [3.63, 3.8) is 0 Å². The van der Waals surface area contributed by atoms with Crippen LogP contribution >= 0.6 is 11.6 Å². The van der Waals surface area contributed by atoms with Crippen LogP contribution in [-0.4, -0.2) is 12.8 Å². The molecule has 0 saturated carbocycles.